The lowest BCUT2D eigenvalue weighted by Gasteiger charge is -2.06. The normalized spacial score (nSPS) is 12.1. The molecular formula is C16H14N4O3. The number of methoxy groups -OCH3 is 1. The summed E-state index contributed by atoms with van der Waals surface area (Å²) in [5, 5.41) is 3.01. The van der Waals surface area contributed by atoms with Gasteiger partial charge in [0.15, 0.2) is 5.49 Å². The number of aromatic amines is 1. The lowest BCUT2D eigenvalue weighted by atomic mass is 10.2. The predicted molar refractivity (Wildman–Crippen MR) is 83.4 cm³/mol. The number of fused-ring (bicyclic) bond motifs is 1. The first-order chi connectivity index (χ1) is 11.1. The average Bonchev–Trinajstić information content (AvgIpc) is 2.93. The molecule has 0 unspecified atom stereocenters. The van der Waals surface area contributed by atoms with Gasteiger partial charge < -0.3 is 15.0 Å². The summed E-state index contributed by atoms with van der Waals surface area (Å²) in [6.45, 7) is 3.93. The number of hydrogen-bond acceptors (Lipinski definition) is 5. The van der Waals surface area contributed by atoms with Crippen molar-refractivity contribution in [1.29, 1.82) is 0 Å². The molecule has 2 aromatic rings. The average molecular weight is 310 g/mol. The first kappa shape index (κ1) is 14.7. The Morgan fingerprint density at radius 3 is 3.04 bits per heavy atom. The van der Waals surface area contributed by atoms with Crippen molar-refractivity contribution in [2.75, 3.05) is 7.11 Å². The van der Waals surface area contributed by atoms with Gasteiger partial charge in [0.1, 0.15) is 5.75 Å². The molecule has 1 amide bonds. The van der Waals surface area contributed by atoms with Crippen LogP contribution in [0.3, 0.4) is 0 Å². The standard InChI is InChI=1S/C16H14N4O3/c1-9-6-12-13(18-9)19-14(20-15(12)21)16(22)17-8-10-4-3-5-11(7-10)23-2/h3-7H,1,8H2,2H3,(H,17,22)(H,18,19,20,21). The highest BCUT2D eigenvalue weighted by Gasteiger charge is 2.12. The van der Waals surface area contributed by atoms with Crippen molar-refractivity contribution in [3.63, 3.8) is 0 Å². The number of benzene rings is 1. The molecule has 116 valence electrons. The third-order valence-electron chi connectivity index (χ3n) is 3.30. The van der Waals surface area contributed by atoms with E-state index in [1.54, 1.807) is 7.11 Å². The van der Waals surface area contributed by atoms with Crippen LogP contribution in [0.2, 0.25) is 0 Å². The number of nitrogens with zero attached hydrogens (tertiary/aromatic N) is 2. The maximum Gasteiger partial charge on any atom is 0.287 e. The first-order valence-corrected chi connectivity index (χ1v) is 6.87. The van der Waals surface area contributed by atoms with E-state index < -0.39 is 11.5 Å². The number of nitrogens with one attached hydrogen (secondary N) is 2. The molecule has 0 aliphatic carbocycles. The number of hydrogen-bond donors (Lipinski definition) is 2. The van der Waals surface area contributed by atoms with E-state index in [-0.39, 0.29) is 17.9 Å². The second-order valence-electron chi connectivity index (χ2n) is 4.93. The molecule has 0 saturated carbocycles. The molecule has 23 heavy (non-hydrogen) atoms. The predicted octanol–water partition coefficient (Wildman–Crippen LogP) is -0.364. The molecule has 7 heteroatoms. The number of ether oxygens (including phenoxy) is 1. The van der Waals surface area contributed by atoms with E-state index in [4.69, 9.17) is 4.74 Å². The van der Waals surface area contributed by atoms with Crippen molar-refractivity contribution in [3.8, 4) is 5.75 Å². The van der Waals surface area contributed by atoms with Crippen molar-refractivity contribution >= 4 is 12.0 Å². The van der Waals surface area contributed by atoms with Crippen molar-refractivity contribution in [3.05, 3.63) is 69.0 Å². The maximum atomic E-state index is 12.2. The van der Waals surface area contributed by atoms with Gasteiger partial charge in [-0.2, -0.15) is 0 Å². The van der Waals surface area contributed by atoms with Crippen LogP contribution in [-0.2, 0) is 6.54 Å². The summed E-state index contributed by atoms with van der Waals surface area (Å²) in [4.78, 5) is 34.6. The Balaban J connectivity index is 1.80. The van der Waals surface area contributed by atoms with Gasteiger partial charge in [0.25, 0.3) is 11.5 Å². The molecule has 0 atom stereocenters. The highest BCUT2D eigenvalue weighted by Crippen LogP contribution is 2.12. The smallest absolute Gasteiger partial charge is 0.287 e. The molecule has 1 aliphatic rings. The number of H-pyrrole nitrogens is 1. The van der Waals surface area contributed by atoms with E-state index in [2.05, 4.69) is 26.9 Å². The Morgan fingerprint density at radius 2 is 2.26 bits per heavy atom. The number of rotatable bonds is 4. The second kappa shape index (κ2) is 5.88. The number of amides is 1. The lowest BCUT2D eigenvalue weighted by molar-refractivity contribution is 0.0939. The van der Waals surface area contributed by atoms with E-state index in [1.807, 2.05) is 24.3 Å². The molecule has 0 spiro atoms. The van der Waals surface area contributed by atoms with Crippen LogP contribution in [0.25, 0.3) is 6.08 Å². The SMILES string of the molecule is C=C1C=c2c(nc(C(=O)NCc3cccc(OC)c3)[nH]c2=O)=N1. The van der Waals surface area contributed by atoms with Gasteiger partial charge in [-0.1, -0.05) is 18.7 Å². The van der Waals surface area contributed by atoms with Crippen LogP contribution < -0.4 is 26.3 Å². The van der Waals surface area contributed by atoms with Gasteiger partial charge in [-0.25, -0.2) is 9.98 Å². The zero-order chi connectivity index (χ0) is 16.4. The Hall–Kier alpha value is -3.22. The third-order valence-corrected chi connectivity index (χ3v) is 3.30. The van der Waals surface area contributed by atoms with Crippen LogP contribution in [0.5, 0.6) is 5.75 Å². The molecule has 0 saturated heterocycles. The van der Waals surface area contributed by atoms with Gasteiger partial charge in [-0.3, -0.25) is 9.59 Å². The van der Waals surface area contributed by atoms with Gasteiger partial charge in [0.05, 0.1) is 18.0 Å². The van der Waals surface area contributed by atoms with E-state index >= 15 is 0 Å². The van der Waals surface area contributed by atoms with E-state index in [9.17, 15) is 9.59 Å². The summed E-state index contributed by atoms with van der Waals surface area (Å²) in [5.41, 5.74) is 1.11. The minimum Gasteiger partial charge on any atom is -0.497 e. The highest BCUT2D eigenvalue weighted by atomic mass is 16.5. The zero-order valence-corrected chi connectivity index (χ0v) is 12.4. The maximum absolute atomic E-state index is 12.2. The molecule has 3 rings (SSSR count). The molecule has 1 aromatic carbocycles. The fraction of sp³-hybridized carbons (Fsp3) is 0.125. The fourth-order valence-electron chi connectivity index (χ4n) is 2.18. The summed E-state index contributed by atoms with van der Waals surface area (Å²) in [6, 6.07) is 7.31. The molecule has 0 fully saturated rings. The fourth-order valence-corrected chi connectivity index (χ4v) is 2.18. The van der Waals surface area contributed by atoms with Crippen LogP contribution in [0.15, 0.2) is 46.3 Å². The molecule has 7 nitrogen and oxygen atoms in total. The van der Waals surface area contributed by atoms with Crippen LogP contribution >= 0.6 is 0 Å². The monoisotopic (exact) mass is 310 g/mol. The lowest BCUT2D eigenvalue weighted by Crippen LogP contribution is -2.44. The van der Waals surface area contributed by atoms with Crippen LogP contribution in [-0.4, -0.2) is 23.0 Å². The van der Waals surface area contributed by atoms with Gasteiger partial charge in [0.2, 0.25) is 5.82 Å². The molecule has 2 N–H and O–H groups in total. The molecular weight excluding hydrogens is 296 g/mol. The first-order valence-electron chi connectivity index (χ1n) is 6.87. The Morgan fingerprint density at radius 1 is 1.43 bits per heavy atom. The number of aromatic nitrogens is 2. The van der Waals surface area contributed by atoms with Crippen molar-refractivity contribution in [2.45, 2.75) is 6.54 Å². The zero-order valence-electron chi connectivity index (χ0n) is 12.4. The Bertz CT molecular complexity index is 976. The molecule has 1 aliphatic heterocycles. The summed E-state index contributed by atoms with van der Waals surface area (Å²) in [5.74, 6) is 0.137. The Kier molecular flexibility index (Phi) is 3.76. The van der Waals surface area contributed by atoms with Gasteiger partial charge in [-0.15, -0.1) is 0 Å². The van der Waals surface area contributed by atoms with E-state index in [1.165, 1.54) is 6.08 Å². The summed E-state index contributed by atoms with van der Waals surface area (Å²) in [7, 11) is 1.57. The summed E-state index contributed by atoms with van der Waals surface area (Å²) >= 11 is 0. The minimum atomic E-state index is -0.486. The van der Waals surface area contributed by atoms with Crippen molar-refractivity contribution in [2.24, 2.45) is 4.99 Å². The molecule has 1 aromatic heterocycles. The summed E-state index contributed by atoms with van der Waals surface area (Å²) in [6.07, 6.45) is 1.53. The quantitative estimate of drug-likeness (QED) is 0.806. The van der Waals surface area contributed by atoms with E-state index in [0.717, 1.165) is 5.56 Å². The second-order valence-corrected chi connectivity index (χ2v) is 4.93. The van der Waals surface area contributed by atoms with Gasteiger partial charge >= 0.3 is 0 Å². The van der Waals surface area contributed by atoms with Gasteiger partial charge in [-0.05, 0) is 23.8 Å². The summed E-state index contributed by atoms with van der Waals surface area (Å²) < 4.78 is 5.13. The van der Waals surface area contributed by atoms with Crippen molar-refractivity contribution in [1.82, 2.24) is 15.3 Å². The Labute approximate surface area is 131 Å². The van der Waals surface area contributed by atoms with Crippen LogP contribution in [0.1, 0.15) is 16.2 Å². The molecule has 0 radical (unpaired) electrons. The number of carbonyl (C=O) groups excluding carboxylic acids is 1. The minimum absolute atomic E-state index is 0.0801. The van der Waals surface area contributed by atoms with Gasteiger partial charge in [0, 0.05) is 6.54 Å². The largest absolute Gasteiger partial charge is 0.497 e. The topological polar surface area (TPSA) is 96.4 Å². The molecule has 2 heterocycles. The van der Waals surface area contributed by atoms with Crippen LogP contribution in [0.4, 0.5) is 0 Å². The number of allylic oxidation sites excluding steroid dienone is 1. The highest BCUT2D eigenvalue weighted by molar-refractivity contribution is 5.90. The van der Waals surface area contributed by atoms with E-state index in [0.29, 0.717) is 16.7 Å². The van der Waals surface area contributed by atoms with Crippen LogP contribution in [0, 0.1) is 0 Å². The third kappa shape index (κ3) is 3.03. The van der Waals surface area contributed by atoms with Crippen molar-refractivity contribution < 1.29 is 9.53 Å². The number of carbonyl (C=O) groups is 1. The molecule has 0 bridgehead atoms.